The zero-order valence-electron chi connectivity index (χ0n) is 24.7. The fraction of sp³-hybridized carbons (Fsp3) is 0.0526. The van der Waals surface area contributed by atoms with Crippen LogP contribution in [0.5, 0.6) is 11.8 Å². The molecule has 0 radical (unpaired) electrons. The molecule has 0 amide bonds. The Morgan fingerprint density at radius 3 is 2.20 bits per heavy atom. The van der Waals surface area contributed by atoms with Crippen LogP contribution >= 0.6 is 0 Å². The van der Waals surface area contributed by atoms with Crippen molar-refractivity contribution < 1.29 is 25.8 Å². The Bertz CT molecular complexity index is 2030. The normalized spacial score (nSPS) is 10.7. The van der Waals surface area contributed by atoms with E-state index in [1.165, 1.54) is 11.1 Å². The number of benzene rings is 5. The quantitative estimate of drug-likeness (QED) is 0.145. The minimum Gasteiger partial charge on any atom is -0.452 e. The number of aromatic nitrogens is 4. The first-order chi connectivity index (χ1) is 21.6. The molecule has 0 aliphatic carbocycles. The van der Waals surface area contributed by atoms with Gasteiger partial charge in [-0.1, -0.05) is 48.2 Å². The van der Waals surface area contributed by atoms with Crippen LogP contribution in [0.1, 0.15) is 11.1 Å². The summed E-state index contributed by atoms with van der Waals surface area (Å²) in [7, 11) is 0. The van der Waals surface area contributed by atoms with E-state index in [2.05, 4.69) is 66.2 Å². The van der Waals surface area contributed by atoms with Crippen LogP contribution in [0.4, 0.5) is 17.1 Å². The number of rotatable bonds is 8. The van der Waals surface area contributed by atoms with Gasteiger partial charge in [0.25, 0.3) is 0 Å². The molecule has 0 aliphatic rings. The summed E-state index contributed by atoms with van der Waals surface area (Å²) in [4.78, 5) is 11.3. The molecular formula is C38H29N5OPt. The van der Waals surface area contributed by atoms with Crippen LogP contribution in [0.25, 0.3) is 22.6 Å². The molecule has 0 saturated carbocycles. The molecule has 7 rings (SSSR count). The predicted molar refractivity (Wildman–Crippen MR) is 174 cm³/mol. The summed E-state index contributed by atoms with van der Waals surface area (Å²) in [6.07, 6.45) is 7.50. The van der Waals surface area contributed by atoms with Crippen molar-refractivity contribution in [3.8, 4) is 34.4 Å². The van der Waals surface area contributed by atoms with Gasteiger partial charge in [-0.25, -0.2) is 4.98 Å². The van der Waals surface area contributed by atoms with Gasteiger partial charge in [0.2, 0.25) is 0 Å². The SMILES string of the molecule is Cc1ccc(-n2cnc(-c3[c-]c(N(c4[c-]c(Oc5nccn5-c5ccccc5)ccc4)c4ccccc4)ccc3)c2)cc1C.[Pt+2]. The maximum atomic E-state index is 6.27. The average molecular weight is 767 g/mol. The van der Waals surface area contributed by atoms with Crippen molar-refractivity contribution in [2.24, 2.45) is 0 Å². The number of ether oxygens (including phenoxy) is 1. The minimum atomic E-state index is 0. The second kappa shape index (κ2) is 13.2. The van der Waals surface area contributed by atoms with Gasteiger partial charge in [0.1, 0.15) is 0 Å². The molecule has 0 aliphatic heterocycles. The van der Waals surface area contributed by atoms with Crippen LogP contribution in [0.3, 0.4) is 0 Å². The molecule has 2 aromatic heterocycles. The van der Waals surface area contributed by atoms with Gasteiger partial charge in [0.05, 0.1) is 12.0 Å². The van der Waals surface area contributed by atoms with Gasteiger partial charge < -0.3 is 14.2 Å². The zero-order valence-corrected chi connectivity index (χ0v) is 27.0. The Kier molecular flexibility index (Phi) is 8.76. The fourth-order valence-electron chi connectivity index (χ4n) is 5.09. The number of imidazole rings is 2. The summed E-state index contributed by atoms with van der Waals surface area (Å²) >= 11 is 0. The van der Waals surface area contributed by atoms with Gasteiger partial charge in [-0.15, -0.1) is 48.0 Å². The van der Waals surface area contributed by atoms with E-state index in [-0.39, 0.29) is 21.1 Å². The van der Waals surface area contributed by atoms with E-state index in [9.17, 15) is 0 Å². The third kappa shape index (κ3) is 6.38. The van der Waals surface area contributed by atoms with Crippen molar-refractivity contribution in [2.75, 3.05) is 4.90 Å². The monoisotopic (exact) mass is 766 g/mol. The Labute approximate surface area is 277 Å². The van der Waals surface area contributed by atoms with Crippen LogP contribution in [-0.4, -0.2) is 19.1 Å². The summed E-state index contributed by atoms with van der Waals surface area (Å²) in [6.45, 7) is 4.25. The maximum absolute atomic E-state index is 6.27. The third-order valence-corrected chi connectivity index (χ3v) is 7.52. The maximum Gasteiger partial charge on any atom is 2.00 e. The Hall–Kier alpha value is -5.19. The van der Waals surface area contributed by atoms with E-state index < -0.39 is 0 Å². The molecule has 6 nitrogen and oxygen atoms in total. The van der Waals surface area contributed by atoms with E-state index in [0.717, 1.165) is 39.7 Å². The average Bonchev–Trinajstić information content (AvgIpc) is 3.75. The molecule has 0 atom stereocenters. The summed E-state index contributed by atoms with van der Waals surface area (Å²) in [6, 6.07) is 46.1. The molecule has 0 N–H and O–H groups in total. The Balaban J connectivity index is 0.00000357. The van der Waals surface area contributed by atoms with Crippen molar-refractivity contribution in [3.05, 3.63) is 163 Å². The topological polar surface area (TPSA) is 48.1 Å². The first-order valence-corrected chi connectivity index (χ1v) is 14.4. The summed E-state index contributed by atoms with van der Waals surface area (Å²) in [5, 5.41) is 0. The molecule has 45 heavy (non-hydrogen) atoms. The summed E-state index contributed by atoms with van der Waals surface area (Å²) in [5.74, 6) is 0.551. The van der Waals surface area contributed by atoms with Crippen LogP contribution in [0, 0.1) is 26.0 Å². The van der Waals surface area contributed by atoms with Crippen molar-refractivity contribution >= 4 is 17.1 Å². The van der Waals surface area contributed by atoms with Gasteiger partial charge >= 0.3 is 27.1 Å². The second-order valence-corrected chi connectivity index (χ2v) is 10.5. The molecule has 222 valence electrons. The fourth-order valence-corrected chi connectivity index (χ4v) is 5.09. The molecule has 5 aromatic carbocycles. The number of aryl methyl sites for hydroxylation is 2. The number of hydrogen-bond donors (Lipinski definition) is 0. The smallest absolute Gasteiger partial charge is 0.452 e. The van der Waals surface area contributed by atoms with E-state index in [4.69, 9.17) is 9.72 Å². The van der Waals surface area contributed by atoms with Crippen molar-refractivity contribution in [3.63, 3.8) is 0 Å². The van der Waals surface area contributed by atoms with Crippen LogP contribution in [0.2, 0.25) is 0 Å². The third-order valence-electron chi connectivity index (χ3n) is 7.52. The summed E-state index contributed by atoms with van der Waals surface area (Å²) in [5.41, 5.74) is 8.92. The Morgan fingerprint density at radius 2 is 1.42 bits per heavy atom. The van der Waals surface area contributed by atoms with E-state index in [0.29, 0.717) is 11.8 Å². The van der Waals surface area contributed by atoms with Crippen LogP contribution in [-0.2, 0) is 21.1 Å². The van der Waals surface area contributed by atoms with E-state index in [1.807, 2.05) is 113 Å². The summed E-state index contributed by atoms with van der Waals surface area (Å²) < 4.78 is 10.2. The molecular weight excluding hydrogens is 738 g/mol. The van der Waals surface area contributed by atoms with Gasteiger partial charge in [-0.05, 0) is 73.3 Å². The van der Waals surface area contributed by atoms with Crippen LogP contribution in [0.15, 0.2) is 140 Å². The van der Waals surface area contributed by atoms with Crippen LogP contribution < -0.4 is 9.64 Å². The molecule has 0 spiro atoms. The van der Waals surface area contributed by atoms with Gasteiger partial charge in [-0.2, -0.15) is 6.07 Å². The minimum absolute atomic E-state index is 0. The molecule has 0 bridgehead atoms. The molecule has 0 saturated heterocycles. The molecule has 0 fully saturated rings. The second-order valence-electron chi connectivity index (χ2n) is 10.5. The standard InChI is InChI=1S/C38H29N5O.Pt/c1-28-19-20-33(23-29(28)2)41-26-37(40-27-41)30-11-9-16-34(24-30)43(32-14-7-4-8-15-32)35-17-10-18-36(25-35)44-38-39-21-22-42(38)31-12-5-3-6-13-31;/h3-23,26-27H,1-2H3;/q-2;+2. The van der Waals surface area contributed by atoms with Crippen molar-refractivity contribution in [1.29, 1.82) is 0 Å². The Morgan fingerprint density at radius 1 is 0.689 bits per heavy atom. The van der Waals surface area contributed by atoms with Gasteiger partial charge in [0, 0.05) is 35.2 Å². The van der Waals surface area contributed by atoms with Crippen molar-refractivity contribution in [1.82, 2.24) is 19.1 Å². The first kappa shape index (κ1) is 29.9. The number of para-hydroxylation sites is 2. The molecule has 7 aromatic rings. The first-order valence-electron chi connectivity index (χ1n) is 14.4. The zero-order chi connectivity index (χ0) is 29.9. The number of hydrogen-bond acceptors (Lipinski definition) is 4. The van der Waals surface area contributed by atoms with Gasteiger partial charge in [-0.3, -0.25) is 9.55 Å². The van der Waals surface area contributed by atoms with Gasteiger partial charge in [0.15, 0.2) is 0 Å². The van der Waals surface area contributed by atoms with E-state index >= 15 is 0 Å². The predicted octanol–water partition coefficient (Wildman–Crippen LogP) is 9.20. The van der Waals surface area contributed by atoms with E-state index in [1.54, 1.807) is 6.20 Å². The largest absolute Gasteiger partial charge is 2.00 e. The molecule has 0 unspecified atom stereocenters. The number of anilines is 3. The number of nitrogens with zero attached hydrogens (tertiary/aromatic N) is 5. The van der Waals surface area contributed by atoms with Crippen molar-refractivity contribution in [2.45, 2.75) is 13.8 Å². The molecule has 2 heterocycles. The molecule has 7 heteroatoms.